The van der Waals surface area contributed by atoms with Crippen LogP contribution in [0.15, 0.2) is 197 Å². The van der Waals surface area contributed by atoms with E-state index < -0.39 is 0 Å². The number of hydrogen-bond acceptors (Lipinski definition) is 4. The summed E-state index contributed by atoms with van der Waals surface area (Å²) >= 11 is 0. The van der Waals surface area contributed by atoms with E-state index in [2.05, 4.69) is 155 Å². The van der Waals surface area contributed by atoms with Crippen molar-refractivity contribution in [1.29, 1.82) is 0 Å². The molecule has 0 amide bonds. The van der Waals surface area contributed by atoms with Crippen LogP contribution in [0.4, 0.5) is 17.1 Å². The minimum atomic E-state index is 0.616. The predicted molar refractivity (Wildman–Crippen MR) is 231 cm³/mol. The lowest BCUT2D eigenvalue weighted by Gasteiger charge is -2.27. The topological polar surface area (TPSA) is 47.3 Å². The molecule has 0 aliphatic carbocycles. The summed E-state index contributed by atoms with van der Waals surface area (Å²) < 4.78 is 15.3. The van der Waals surface area contributed by atoms with E-state index in [9.17, 15) is 0 Å². The van der Waals surface area contributed by atoms with Gasteiger partial charge in [-0.3, -0.25) is 0 Å². The third-order valence-electron chi connectivity index (χ3n) is 11.2. The van der Waals surface area contributed by atoms with Crippen LogP contribution >= 0.6 is 0 Å². The number of fused-ring (bicyclic) bond motifs is 11. The second-order valence-corrected chi connectivity index (χ2v) is 14.3. The molecular formula is C51H31N3O2. The van der Waals surface area contributed by atoms with Crippen molar-refractivity contribution in [2.75, 3.05) is 4.90 Å². The summed E-state index contributed by atoms with van der Waals surface area (Å²) in [6.45, 7) is 0. The summed E-state index contributed by atoms with van der Waals surface area (Å²) in [7, 11) is 0. The van der Waals surface area contributed by atoms with Crippen molar-refractivity contribution < 1.29 is 8.83 Å². The Kier molecular flexibility index (Phi) is 6.56. The van der Waals surface area contributed by atoms with E-state index in [0.717, 1.165) is 93.9 Å². The first-order valence-corrected chi connectivity index (χ1v) is 18.9. The van der Waals surface area contributed by atoms with Crippen LogP contribution in [0.5, 0.6) is 0 Å². The molecule has 0 unspecified atom stereocenters. The van der Waals surface area contributed by atoms with Crippen molar-refractivity contribution in [1.82, 2.24) is 9.55 Å². The molecule has 0 radical (unpaired) electrons. The molecule has 3 aromatic heterocycles. The van der Waals surface area contributed by atoms with Crippen molar-refractivity contribution in [2.24, 2.45) is 0 Å². The summed E-state index contributed by atoms with van der Waals surface area (Å²) in [5.74, 6) is 0.616. The van der Waals surface area contributed by atoms with Crippen molar-refractivity contribution in [3.05, 3.63) is 188 Å². The largest absolute Gasteiger partial charge is 0.456 e. The number of anilines is 3. The maximum absolute atomic E-state index is 6.64. The Bertz CT molecular complexity index is 3490. The highest BCUT2D eigenvalue weighted by atomic mass is 16.3. The third kappa shape index (κ3) is 4.58. The lowest BCUT2D eigenvalue weighted by atomic mass is 9.99. The Morgan fingerprint density at radius 1 is 0.446 bits per heavy atom. The SMILES string of the molecule is c1ccc(-c2nc3ccc4ccc5ccc(N(c6ccc7oc8ccccc8c7c6)c6cccc7c6c6ccccc6n7-c6ccccc6)cc5c4c3o2)cc1. The number of benzene rings is 9. The maximum Gasteiger partial charge on any atom is 0.227 e. The molecule has 3 heterocycles. The van der Waals surface area contributed by atoms with Crippen molar-refractivity contribution in [2.45, 2.75) is 0 Å². The monoisotopic (exact) mass is 717 g/mol. The van der Waals surface area contributed by atoms with Gasteiger partial charge in [0.1, 0.15) is 16.7 Å². The molecule has 0 aliphatic heterocycles. The van der Waals surface area contributed by atoms with Gasteiger partial charge in [-0.1, -0.05) is 103 Å². The van der Waals surface area contributed by atoms with Gasteiger partial charge in [0.05, 0.1) is 16.7 Å². The predicted octanol–water partition coefficient (Wildman–Crippen LogP) is 14.3. The number of nitrogens with zero attached hydrogens (tertiary/aromatic N) is 3. The number of oxazole rings is 1. The van der Waals surface area contributed by atoms with E-state index in [1.807, 2.05) is 42.5 Å². The zero-order valence-corrected chi connectivity index (χ0v) is 30.1. The first-order chi connectivity index (χ1) is 27.8. The van der Waals surface area contributed by atoms with E-state index in [-0.39, 0.29) is 0 Å². The number of hydrogen-bond donors (Lipinski definition) is 0. The minimum Gasteiger partial charge on any atom is -0.456 e. The lowest BCUT2D eigenvalue weighted by Crippen LogP contribution is -2.10. The zero-order valence-electron chi connectivity index (χ0n) is 30.1. The third-order valence-corrected chi connectivity index (χ3v) is 11.2. The van der Waals surface area contributed by atoms with E-state index in [4.69, 9.17) is 13.8 Å². The first-order valence-electron chi connectivity index (χ1n) is 18.9. The first kappa shape index (κ1) is 30.8. The lowest BCUT2D eigenvalue weighted by molar-refractivity contribution is 0.623. The summed E-state index contributed by atoms with van der Waals surface area (Å²) in [6, 6.07) is 66.3. The Morgan fingerprint density at radius 3 is 1.98 bits per heavy atom. The van der Waals surface area contributed by atoms with E-state index in [0.29, 0.717) is 5.89 Å². The van der Waals surface area contributed by atoms with Crippen LogP contribution in [0.25, 0.3) is 93.5 Å². The van der Waals surface area contributed by atoms with Crippen molar-refractivity contribution in [3.63, 3.8) is 0 Å². The molecule has 0 bridgehead atoms. The molecule has 12 aromatic rings. The molecule has 0 spiro atoms. The highest BCUT2D eigenvalue weighted by molar-refractivity contribution is 6.20. The summed E-state index contributed by atoms with van der Waals surface area (Å²) in [5, 5.41) is 8.90. The molecule has 12 rings (SSSR count). The maximum atomic E-state index is 6.64. The molecule has 0 saturated heterocycles. The van der Waals surface area contributed by atoms with E-state index in [1.165, 1.54) is 10.8 Å². The number of aromatic nitrogens is 2. The van der Waals surface area contributed by atoms with Crippen LogP contribution in [0.3, 0.4) is 0 Å². The minimum absolute atomic E-state index is 0.616. The summed E-state index contributed by atoms with van der Waals surface area (Å²) in [5.41, 5.74) is 10.9. The van der Waals surface area contributed by atoms with Crippen LogP contribution < -0.4 is 4.90 Å². The smallest absolute Gasteiger partial charge is 0.227 e. The van der Waals surface area contributed by atoms with Gasteiger partial charge in [-0.15, -0.1) is 0 Å². The van der Waals surface area contributed by atoms with Crippen molar-refractivity contribution >= 4 is 93.5 Å². The number of rotatable bonds is 5. The quantitative estimate of drug-likeness (QED) is 0.166. The fraction of sp³-hybridized carbons (Fsp3) is 0. The molecule has 0 N–H and O–H groups in total. The number of para-hydroxylation sites is 3. The van der Waals surface area contributed by atoms with Gasteiger partial charge < -0.3 is 18.3 Å². The van der Waals surface area contributed by atoms with Crippen LogP contribution in [0.2, 0.25) is 0 Å². The summed E-state index contributed by atoms with van der Waals surface area (Å²) in [6.07, 6.45) is 0. The average Bonchev–Trinajstić information content (AvgIpc) is 3.96. The van der Waals surface area contributed by atoms with Crippen molar-refractivity contribution in [3.8, 4) is 17.1 Å². The van der Waals surface area contributed by atoms with Gasteiger partial charge in [-0.2, -0.15) is 0 Å². The highest BCUT2D eigenvalue weighted by Gasteiger charge is 2.23. The Balaban J connectivity index is 1.16. The van der Waals surface area contributed by atoms with E-state index in [1.54, 1.807) is 0 Å². The number of furan rings is 1. The standard InChI is InChI=1S/C51H31N3O2/c1-3-12-34(13-4-1)51-52-42-28-25-33-23-22-32-24-26-36(30-40(32)48(33)50(42)56-51)53(37-27-29-47-41(31-37)38-16-8-10-21-46(38)55-47)44-19-11-20-45-49(44)39-17-7-9-18-43(39)54(45)35-14-5-2-6-15-35/h1-31H. The van der Waals surface area contributed by atoms with Crippen LogP contribution in [-0.4, -0.2) is 9.55 Å². The Morgan fingerprint density at radius 2 is 1.11 bits per heavy atom. The van der Waals surface area contributed by atoms with Crippen LogP contribution in [0.1, 0.15) is 0 Å². The molecule has 262 valence electrons. The van der Waals surface area contributed by atoms with Gasteiger partial charge in [-0.25, -0.2) is 4.98 Å². The normalized spacial score (nSPS) is 11.9. The summed E-state index contributed by atoms with van der Waals surface area (Å²) in [4.78, 5) is 7.35. The highest BCUT2D eigenvalue weighted by Crippen LogP contribution is 2.46. The molecule has 0 fully saturated rings. The molecule has 56 heavy (non-hydrogen) atoms. The Hall–Kier alpha value is -7.63. The van der Waals surface area contributed by atoms with Gasteiger partial charge in [-0.05, 0) is 101 Å². The fourth-order valence-corrected chi connectivity index (χ4v) is 8.68. The molecule has 0 aliphatic rings. The van der Waals surface area contributed by atoms with E-state index >= 15 is 0 Å². The molecular weight excluding hydrogens is 687 g/mol. The van der Waals surface area contributed by atoms with Crippen LogP contribution in [-0.2, 0) is 0 Å². The zero-order chi connectivity index (χ0) is 36.7. The molecule has 0 saturated carbocycles. The van der Waals surface area contributed by atoms with Crippen LogP contribution in [0, 0.1) is 0 Å². The second-order valence-electron chi connectivity index (χ2n) is 14.3. The molecule has 9 aromatic carbocycles. The average molecular weight is 718 g/mol. The Labute approximate surface area is 320 Å². The molecule has 5 heteroatoms. The van der Waals surface area contributed by atoms with Gasteiger partial charge in [0.15, 0.2) is 5.58 Å². The van der Waals surface area contributed by atoms with Gasteiger partial charge in [0.25, 0.3) is 0 Å². The van der Waals surface area contributed by atoms with Gasteiger partial charge in [0, 0.05) is 49.6 Å². The molecule has 0 atom stereocenters. The van der Waals surface area contributed by atoms with Gasteiger partial charge in [0.2, 0.25) is 5.89 Å². The molecule has 5 nitrogen and oxygen atoms in total. The second kappa shape index (κ2) is 11.9. The van der Waals surface area contributed by atoms with Gasteiger partial charge >= 0.3 is 0 Å². The fourth-order valence-electron chi connectivity index (χ4n) is 8.68.